The maximum Gasteiger partial charge on any atom is -0.0182 e. The summed E-state index contributed by atoms with van der Waals surface area (Å²) < 4.78 is 0. The molecule has 1 heteroatoms. The van der Waals surface area contributed by atoms with E-state index in [2.05, 4.69) is 38.1 Å². The second-order valence-electron chi connectivity index (χ2n) is 3.91. The minimum Gasteiger partial charge on any atom is -0.213 e. The lowest BCUT2D eigenvalue weighted by Crippen LogP contribution is -2.33. The van der Waals surface area contributed by atoms with Gasteiger partial charge in [-0.15, -0.1) is 5.30 Å². The van der Waals surface area contributed by atoms with Crippen molar-refractivity contribution in [3.63, 3.8) is 0 Å². The van der Waals surface area contributed by atoms with Crippen molar-refractivity contribution in [2.45, 2.75) is 44.4 Å². The predicted octanol–water partition coefficient (Wildman–Crippen LogP) is 3.47. The zero-order chi connectivity index (χ0) is 9.26. The third-order valence-corrected chi connectivity index (χ3v) is 6.84. The minimum atomic E-state index is 0.217. The van der Waals surface area contributed by atoms with Gasteiger partial charge >= 0.3 is 0 Å². The van der Waals surface area contributed by atoms with Crippen molar-refractivity contribution in [2.24, 2.45) is 0 Å². The van der Waals surface area contributed by atoms with Crippen LogP contribution in [0, 0.1) is 0 Å². The van der Waals surface area contributed by atoms with Crippen molar-refractivity contribution in [3.05, 3.63) is 24.3 Å². The van der Waals surface area contributed by atoms with Crippen molar-refractivity contribution in [1.82, 2.24) is 0 Å². The van der Waals surface area contributed by atoms with Crippen molar-refractivity contribution in [3.8, 4) is 0 Å². The van der Waals surface area contributed by atoms with Crippen LogP contribution < -0.4 is 5.30 Å². The normalized spacial score (nSPS) is 28.8. The van der Waals surface area contributed by atoms with E-state index in [1.807, 2.05) is 0 Å². The first-order valence-electron chi connectivity index (χ1n) is 5.36. The molecule has 1 aromatic rings. The van der Waals surface area contributed by atoms with Gasteiger partial charge in [0.1, 0.15) is 0 Å². The molecule has 0 unspecified atom stereocenters. The van der Waals surface area contributed by atoms with Gasteiger partial charge in [0.15, 0.2) is 0 Å². The van der Waals surface area contributed by atoms with E-state index in [0.29, 0.717) is 0 Å². The van der Waals surface area contributed by atoms with Gasteiger partial charge in [0.25, 0.3) is 0 Å². The molecule has 2 atom stereocenters. The summed E-state index contributed by atoms with van der Waals surface area (Å²) in [6, 6.07) is 9.04. The molecule has 1 aliphatic rings. The topological polar surface area (TPSA) is 0 Å². The molecule has 13 heavy (non-hydrogen) atoms. The van der Waals surface area contributed by atoms with Crippen LogP contribution in [0.1, 0.15) is 33.1 Å². The Morgan fingerprint density at radius 1 is 1.38 bits per heavy atom. The number of rotatable bonds is 3. The van der Waals surface area contributed by atoms with Crippen LogP contribution >= 0.6 is 7.92 Å². The molecule has 0 amide bonds. The Bertz CT molecular complexity index is 240. The van der Waals surface area contributed by atoms with E-state index in [1.165, 1.54) is 19.3 Å². The van der Waals surface area contributed by atoms with E-state index < -0.39 is 0 Å². The molecule has 1 heterocycles. The Balaban J connectivity index is 2.11. The lowest BCUT2D eigenvalue weighted by molar-refractivity contribution is 0.610. The summed E-state index contributed by atoms with van der Waals surface area (Å²) in [5.74, 6) is 0. The molecule has 2 rings (SSSR count). The van der Waals surface area contributed by atoms with Crippen molar-refractivity contribution in [1.29, 1.82) is 0 Å². The maximum absolute atomic E-state index is 2.34. The Morgan fingerprint density at radius 3 is 2.54 bits per heavy atom. The van der Waals surface area contributed by atoms with E-state index >= 15 is 0 Å². The number of hydrogen-bond donors (Lipinski definition) is 0. The van der Waals surface area contributed by atoms with Crippen LogP contribution in [0.5, 0.6) is 0 Å². The molecule has 1 saturated heterocycles. The molecule has 0 saturated carbocycles. The average molecular weight is 193 g/mol. The first-order valence-corrected chi connectivity index (χ1v) is 6.84. The summed E-state index contributed by atoms with van der Waals surface area (Å²) in [6.45, 7) is 4.68. The minimum absolute atomic E-state index is 0.217. The van der Waals surface area contributed by atoms with Crippen LogP contribution in [0.15, 0.2) is 24.3 Å². The smallest absolute Gasteiger partial charge is 0.0182 e. The summed E-state index contributed by atoms with van der Waals surface area (Å²) in [7, 11) is 0.217. The summed E-state index contributed by atoms with van der Waals surface area (Å²) in [6.07, 6.45) is 4.25. The molecule has 0 N–H and O–H groups in total. The fourth-order valence-electron chi connectivity index (χ4n) is 2.39. The summed E-state index contributed by atoms with van der Waals surface area (Å²) in [5, 5.41) is 1.65. The maximum atomic E-state index is 2.34. The van der Waals surface area contributed by atoms with Crippen molar-refractivity contribution in [2.75, 3.05) is 0 Å². The van der Waals surface area contributed by atoms with Gasteiger partial charge < -0.3 is 0 Å². The molecule has 0 aliphatic carbocycles. The highest BCUT2D eigenvalue weighted by Crippen LogP contribution is 2.60. The second kappa shape index (κ2) is 3.88. The molecule has 0 nitrogen and oxygen atoms in total. The molecule has 0 spiro atoms. The second-order valence-corrected chi connectivity index (χ2v) is 6.70. The quantitative estimate of drug-likeness (QED) is 0.509. The van der Waals surface area contributed by atoms with E-state index in [9.17, 15) is 0 Å². The monoisotopic (exact) mass is 193 g/mol. The summed E-state index contributed by atoms with van der Waals surface area (Å²) in [5.41, 5.74) is 2.06. The van der Waals surface area contributed by atoms with Gasteiger partial charge in [-0.2, -0.15) is 12.1 Å². The standard InChI is InChI=1S/C12H18P/c1-3-10-9-11(4-2)13(10)12-7-5-6-8-12/h5-8,10-11H,3-4,9H2,1-2H3/q-1/t10-,11-/m1/s1. The Kier molecular flexibility index (Phi) is 2.79. The fourth-order valence-corrected chi connectivity index (χ4v) is 5.70. The Labute approximate surface area is 82.5 Å². The van der Waals surface area contributed by atoms with E-state index in [-0.39, 0.29) is 7.92 Å². The molecular weight excluding hydrogens is 175 g/mol. The van der Waals surface area contributed by atoms with Crippen LogP contribution in [-0.4, -0.2) is 11.3 Å². The highest BCUT2D eigenvalue weighted by Gasteiger charge is 2.36. The first-order chi connectivity index (χ1) is 6.36. The molecule has 1 aromatic carbocycles. The first kappa shape index (κ1) is 9.34. The average Bonchev–Trinajstić information content (AvgIpc) is 2.57. The van der Waals surface area contributed by atoms with Crippen LogP contribution in [0.2, 0.25) is 0 Å². The Hall–Kier alpha value is -0.220. The van der Waals surface area contributed by atoms with Gasteiger partial charge in [0, 0.05) is 0 Å². The van der Waals surface area contributed by atoms with E-state index in [0.717, 1.165) is 11.3 Å². The van der Waals surface area contributed by atoms with Crippen molar-refractivity contribution >= 4 is 13.2 Å². The van der Waals surface area contributed by atoms with Gasteiger partial charge in [-0.1, -0.05) is 21.8 Å². The SMILES string of the molecule is CC[C@@H]1C[C@@H](CC)P1c1ccc[cH-]1. The van der Waals surface area contributed by atoms with Gasteiger partial charge in [-0.25, -0.2) is 12.1 Å². The zero-order valence-electron chi connectivity index (χ0n) is 8.53. The lowest BCUT2D eigenvalue weighted by Gasteiger charge is -2.47. The van der Waals surface area contributed by atoms with Crippen LogP contribution in [0.4, 0.5) is 0 Å². The van der Waals surface area contributed by atoms with Crippen LogP contribution in [0.3, 0.4) is 0 Å². The fraction of sp³-hybridized carbons (Fsp3) is 0.583. The zero-order valence-corrected chi connectivity index (χ0v) is 9.43. The third kappa shape index (κ3) is 1.57. The molecule has 1 fully saturated rings. The highest BCUT2D eigenvalue weighted by atomic mass is 31.1. The molecule has 72 valence electrons. The van der Waals surface area contributed by atoms with Crippen LogP contribution in [-0.2, 0) is 0 Å². The van der Waals surface area contributed by atoms with Gasteiger partial charge in [-0.3, -0.25) is 0 Å². The van der Waals surface area contributed by atoms with E-state index in [1.54, 1.807) is 5.30 Å². The molecule has 0 radical (unpaired) electrons. The van der Waals surface area contributed by atoms with Crippen LogP contribution in [0.25, 0.3) is 0 Å². The van der Waals surface area contributed by atoms with Gasteiger partial charge in [-0.05, 0) is 30.6 Å². The highest BCUT2D eigenvalue weighted by molar-refractivity contribution is 7.68. The van der Waals surface area contributed by atoms with E-state index in [4.69, 9.17) is 0 Å². The van der Waals surface area contributed by atoms with Gasteiger partial charge in [0.2, 0.25) is 0 Å². The predicted molar refractivity (Wildman–Crippen MR) is 61.4 cm³/mol. The summed E-state index contributed by atoms with van der Waals surface area (Å²) >= 11 is 0. The molecule has 0 bridgehead atoms. The van der Waals surface area contributed by atoms with Crippen molar-refractivity contribution < 1.29 is 0 Å². The molecule has 0 aromatic heterocycles. The Morgan fingerprint density at radius 2 is 2.08 bits per heavy atom. The molecule has 1 aliphatic heterocycles. The lowest BCUT2D eigenvalue weighted by atomic mass is 10.1. The summed E-state index contributed by atoms with van der Waals surface area (Å²) in [4.78, 5) is 0. The largest absolute Gasteiger partial charge is 0.213 e. The molecular formula is C12H18P-. The number of hydrogen-bond acceptors (Lipinski definition) is 0. The van der Waals surface area contributed by atoms with Gasteiger partial charge in [0.05, 0.1) is 0 Å². The third-order valence-electron chi connectivity index (χ3n) is 3.22.